The molecule has 2 heterocycles. The molecule has 4 nitrogen and oxygen atoms in total. The fraction of sp³-hybridized carbons (Fsp3) is 0. The summed E-state index contributed by atoms with van der Waals surface area (Å²) in [6, 6.07) is 22.8. The Bertz CT molecular complexity index is 1080. The van der Waals surface area contributed by atoms with Crippen molar-refractivity contribution in [2.45, 2.75) is 0 Å². The first-order valence-corrected chi connectivity index (χ1v) is 9.11. The first-order chi connectivity index (χ1) is 12.7. The molecule has 0 aliphatic carbocycles. The van der Waals surface area contributed by atoms with Gasteiger partial charge in [-0.25, -0.2) is 0 Å². The van der Waals surface area contributed by atoms with E-state index in [4.69, 9.17) is 9.31 Å². The van der Waals surface area contributed by atoms with Crippen LogP contribution in [0.15, 0.2) is 77.3 Å². The van der Waals surface area contributed by atoms with Crippen molar-refractivity contribution in [3.8, 4) is 5.75 Å². The molecule has 6 heteroatoms. The molecule has 2 aliphatic rings. The van der Waals surface area contributed by atoms with Crippen molar-refractivity contribution >= 4 is 46.0 Å². The number of benzene rings is 3. The molecule has 1 atom stereocenters. The van der Waals surface area contributed by atoms with Crippen molar-refractivity contribution in [1.82, 2.24) is 0 Å². The van der Waals surface area contributed by atoms with Gasteiger partial charge in [-0.15, -0.1) is 0 Å². The van der Waals surface area contributed by atoms with E-state index in [-0.39, 0.29) is 5.97 Å². The van der Waals surface area contributed by atoms with Crippen molar-refractivity contribution in [2.24, 2.45) is 0 Å². The van der Waals surface area contributed by atoms with Crippen LogP contribution >= 0.6 is 15.9 Å². The highest BCUT2D eigenvalue weighted by molar-refractivity contribution is 9.10. The van der Waals surface area contributed by atoms with E-state index in [2.05, 4.69) is 15.9 Å². The predicted molar refractivity (Wildman–Crippen MR) is 104 cm³/mol. The van der Waals surface area contributed by atoms with Crippen LogP contribution in [-0.2, 0) is 4.65 Å². The van der Waals surface area contributed by atoms with Crippen LogP contribution in [0.5, 0.6) is 5.75 Å². The molecule has 5 rings (SSSR count). The second-order valence-corrected chi connectivity index (χ2v) is 7.25. The Hall–Kier alpha value is -2.86. The van der Waals surface area contributed by atoms with Gasteiger partial charge in [0.25, 0.3) is 0 Å². The van der Waals surface area contributed by atoms with E-state index in [9.17, 15) is 4.79 Å². The number of fused-ring (bicyclic) bond motifs is 4. The number of rotatable bonds is 1. The highest BCUT2D eigenvalue weighted by Crippen LogP contribution is 2.36. The first-order valence-electron chi connectivity index (χ1n) is 8.32. The average molecular weight is 406 g/mol. The van der Waals surface area contributed by atoms with Gasteiger partial charge in [-0.1, -0.05) is 64.5 Å². The van der Waals surface area contributed by atoms with Crippen LogP contribution in [-0.4, -0.2) is 23.4 Å². The third-order valence-electron chi connectivity index (χ3n) is 4.81. The molecule has 0 aromatic heterocycles. The number of hydrogen-bond donors (Lipinski definition) is 0. The zero-order valence-corrected chi connectivity index (χ0v) is 15.2. The molecule has 0 radical (unpaired) electrons. The van der Waals surface area contributed by atoms with Gasteiger partial charge in [-0.2, -0.15) is 0 Å². The smallest absolute Gasteiger partial charge is 0.618 e. The highest BCUT2D eigenvalue weighted by Gasteiger charge is 2.56. The maximum atomic E-state index is 12.8. The molecule has 0 N–H and O–H groups in total. The summed E-state index contributed by atoms with van der Waals surface area (Å²) in [7, 11) is 0. The summed E-state index contributed by atoms with van der Waals surface area (Å²) in [5, 5.41) is 0. The summed E-state index contributed by atoms with van der Waals surface area (Å²) in [4.78, 5) is 12.8. The summed E-state index contributed by atoms with van der Waals surface area (Å²) in [5.41, 5.74) is 3.04. The lowest BCUT2D eigenvalue weighted by Gasteiger charge is -2.42. The van der Waals surface area contributed by atoms with Crippen molar-refractivity contribution in [1.29, 1.82) is 0 Å². The zero-order valence-electron chi connectivity index (χ0n) is 13.6. The van der Waals surface area contributed by atoms with Crippen LogP contribution in [0.1, 0.15) is 15.9 Å². The molecule has 3 aromatic rings. The summed E-state index contributed by atoms with van der Waals surface area (Å²) < 4.78 is 15.2. The minimum Gasteiger partial charge on any atom is -0.618 e. The van der Waals surface area contributed by atoms with Crippen LogP contribution in [0.4, 0.5) is 5.69 Å². The number of hydrogen-bond acceptors (Lipinski definition) is 3. The molecule has 0 saturated carbocycles. The van der Waals surface area contributed by atoms with E-state index in [1.54, 1.807) is 6.07 Å². The second-order valence-electron chi connectivity index (χ2n) is 6.34. The maximum Gasteiger partial charge on any atom is 0.686 e. The van der Waals surface area contributed by atoms with Crippen LogP contribution in [0, 0.1) is 0 Å². The third-order valence-corrected chi connectivity index (χ3v) is 5.34. The molecule has 0 amide bonds. The second kappa shape index (κ2) is 5.57. The van der Waals surface area contributed by atoms with Gasteiger partial charge in [0.2, 0.25) is 0 Å². The summed E-state index contributed by atoms with van der Waals surface area (Å²) >= 11 is 3.46. The van der Waals surface area contributed by atoms with Crippen LogP contribution < -0.4 is 10.1 Å². The maximum absolute atomic E-state index is 12.8. The van der Waals surface area contributed by atoms with Crippen LogP contribution in [0.2, 0.25) is 0 Å². The van der Waals surface area contributed by atoms with Crippen molar-refractivity contribution in [2.75, 3.05) is 0 Å². The Kier molecular flexibility index (Phi) is 3.30. The van der Waals surface area contributed by atoms with E-state index in [1.165, 1.54) is 0 Å². The molecule has 0 saturated heterocycles. The quantitative estimate of drug-likeness (QED) is 0.580. The molecular formula is C20H13BBrNO3. The Morgan fingerprint density at radius 2 is 1.58 bits per heavy atom. The number of para-hydroxylation sites is 2. The standard InChI is InChI=1S/C20H13BBrNO3/c22-16-11-9-15(10-12-16)21-23(13-14-5-1-4-8-19(14)25-21)18-7-3-2-6-17(18)20(24)26-21/h1-13H. The molecule has 0 spiro atoms. The van der Waals surface area contributed by atoms with Gasteiger partial charge < -0.3 is 13.8 Å². The lowest BCUT2D eigenvalue weighted by atomic mass is 9.60. The normalized spacial score (nSPS) is 20.0. The van der Waals surface area contributed by atoms with E-state index >= 15 is 0 Å². The summed E-state index contributed by atoms with van der Waals surface area (Å²) in [6.07, 6.45) is 1.99. The van der Waals surface area contributed by atoms with Crippen molar-refractivity contribution < 1.29 is 18.6 Å². The lowest BCUT2D eigenvalue weighted by Crippen LogP contribution is -2.68. The largest absolute Gasteiger partial charge is 0.686 e. The van der Waals surface area contributed by atoms with Crippen LogP contribution in [0.25, 0.3) is 0 Å². The first kappa shape index (κ1) is 15.4. The van der Waals surface area contributed by atoms with Gasteiger partial charge in [0.05, 0.1) is 11.3 Å². The topological polar surface area (TPSA) is 38.5 Å². The minimum absolute atomic E-state index is 0.382. The number of carbonyl (C=O) groups is 1. The Morgan fingerprint density at radius 1 is 0.846 bits per heavy atom. The van der Waals surface area contributed by atoms with Crippen molar-refractivity contribution in [3.05, 3.63) is 88.4 Å². The molecule has 26 heavy (non-hydrogen) atoms. The Labute approximate surface area is 158 Å². The fourth-order valence-electron chi connectivity index (χ4n) is 3.59. The third kappa shape index (κ3) is 2.15. The molecule has 126 valence electrons. The molecule has 1 unspecified atom stereocenters. The van der Waals surface area contributed by atoms with Gasteiger partial charge in [-0.05, 0) is 23.7 Å². The van der Waals surface area contributed by atoms with Gasteiger partial charge in [-0.3, -0.25) is 4.79 Å². The van der Waals surface area contributed by atoms with Gasteiger partial charge in [0, 0.05) is 10.5 Å². The van der Waals surface area contributed by atoms with Gasteiger partial charge >= 0.3 is 12.7 Å². The van der Waals surface area contributed by atoms with Crippen LogP contribution in [0.3, 0.4) is 0 Å². The Balaban J connectivity index is 1.82. The molecule has 0 bridgehead atoms. The van der Waals surface area contributed by atoms with E-state index in [0.717, 1.165) is 21.2 Å². The number of nitrogens with zero attached hydrogens (tertiary/aromatic N) is 1. The SMILES string of the molecule is O=C1O[B-]2(c3ccc(Br)cc3)Oc3ccccc3C=[N+]2c2ccccc21. The van der Waals surface area contributed by atoms with Gasteiger partial charge in [0.1, 0.15) is 11.8 Å². The summed E-state index contributed by atoms with van der Waals surface area (Å²) in [5.74, 6) is 0.311. The average Bonchev–Trinajstić information content (AvgIpc) is 2.67. The fourth-order valence-corrected chi connectivity index (χ4v) is 3.85. The lowest BCUT2D eigenvalue weighted by molar-refractivity contribution is -0.334. The van der Waals surface area contributed by atoms with E-state index < -0.39 is 6.69 Å². The number of carbonyl (C=O) groups excluding carboxylic acids is 1. The molecule has 0 fully saturated rings. The predicted octanol–water partition coefficient (Wildman–Crippen LogP) is 3.62. The monoisotopic (exact) mass is 405 g/mol. The molecule has 3 aromatic carbocycles. The van der Waals surface area contributed by atoms with Gasteiger partial charge in [0.15, 0.2) is 5.69 Å². The minimum atomic E-state index is -2.22. The van der Waals surface area contributed by atoms with Crippen molar-refractivity contribution in [3.63, 3.8) is 0 Å². The van der Waals surface area contributed by atoms with E-state index in [0.29, 0.717) is 11.3 Å². The molecule has 2 aliphatic heterocycles. The molecular weight excluding hydrogens is 393 g/mol. The zero-order chi connectivity index (χ0) is 17.7. The number of halogens is 1. The van der Waals surface area contributed by atoms with E-state index in [1.807, 2.05) is 77.4 Å². The Morgan fingerprint density at radius 3 is 2.42 bits per heavy atom. The highest BCUT2D eigenvalue weighted by atomic mass is 79.9. The summed E-state index contributed by atoms with van der Waals surface area (Å²) in [6.45, 7) is -2.22.